The fourth-order valence-corrected chi connectivity index (χ4v) is 1.29. The summed E-state index contributed by atoms with van der Waals surface area (Å²) in [7, 11) is 0. The second kappa shape index (κ2) is 2.65. The summed E-state index contributed by atoms with van der Waals surface area (Å²) < 4.78 is 0. The van der Waals surface area contributed by atoms with Crippen LogP contribution in [0.25, 0.3) is 17.2 Å². The van der Waals surface area contributed by atoms with E-state index in [1.165, 1.54) is 0 Å². The molecule has 0 aliphatic rings. The number of aryl methyl sites for hydroxylation is 2. The first-order valence-corrected chi connectivity index (χ1v) is 4.04. The van der Waals surface area contributed by atoms with Crippen LogP contribution in [-0.4, -0.2) is 19.9 Å². The van der Waals surface area contributed by atoms with Crippen molar-refractivity contribution in [1.29, 1.82) is 0 Å². The van der Waals surface area contributed by atoms with Crippen molar-refractivity contribution in [1.82, 2.24) is 19.9 Å². The number of rotatable bonds is 1. The minimum atomic E-state index is 0.708. The summed E-state index contributed by atoms with van der Waals surface area (Å²) >= 11 is 0. The van der Waals surface area contributed by atoms with E-state index in [0.717, 1.165) is 22.9 Å². The molecule has 0 unspecified atom stereocenters. The summed E-state index contributed by atoms with van der Waals surface area (Å²) in [4.78, 5) is 15.8. The molecular weight excluding hydrogens is 164 g/mol. The van der Waals surface area contributed by atoms with Gasteiger partial charge in [0.05, 0.1) is 5.69 Å². The van der Waals surface area contributed by atoms with Gasteiger partial charge in [0, 0.05) is 0 Å². The maximum Gasteiger partial charge on any atom is 0.181 e. The highest BCUT2D eigenvalue weighted by atomic mass is 15.0. The summed E-state index contributed by atoms with van der Waals surface area (Å²) in [6.45, 7) is 7.42. The van der Waals surface area contributed by atoms with Crippen LogP contribution in [0.15, 0.2) is 6.58 Å². The first kappa shape index (κ1) is 7.91. The number of fused-ring (bicyclic) bond motifs is 1. The summed E-state index contributed by atoms with van der Waals surface area (Å²) in [5.74, 6) is 1.48. The van der Waals surface area contributed by atoms with Crippen molar-refractivity contribution in [3.8, 4) is 0 Å². The first-order chi connectivity index (χ1) is 6.20. The van der Waals surface area contributed by atoms with Crippen molar-refractivity contribution in [3.05, 3.63) is 23.9 Å². The van der Waals surface area contributed by atoms with Gasteiger partial charge in [-0.3, -0.25) is 0 Å². The first-order valence-electron chi connectivity index (χ1n) is 4.04. The number of H-pyrrole nitrogens is 1. The lowest BCUT2D eigenvalue weighted by atomic mass is 10.4. The molecule has 2 aromatic rings. The molecule has 0 fully saturated rings. The van der Waals surface area contributed by atoms with Gasteiger partial charge in [-0.05, 0) is 19.9 Å². The van der Waals surface area contributed by atoms with Crippen LogP contribution in [0.2, 0.25) is 0 Å². The van der Waals surface area contributed by atoms with Crippen LogP contribution in [0.5, 0.6) is 0 Å². The highest BCUT2D eigenvalue weighted by Gasteiger charge is 2.05. The highest BCUT2D eigenvalue weighted by molar-refractivity contribution is 5.74. The fraction of sp³-hybridized carbons (Fsp3) is 0.222. The quantitative estimate of drug-likeness (QED) is 0.714. The summed E-state index contributed by atoms with van der Waals surface area (Å²) in [5, 5.41) is 0. The molecule has 0 saturated heterocycles. The van der Waals surface area contributed by atoms with Crippen molar-refractivity contribution in [3.63, 3.8) is 0 Å². The fourth-order valence-electron chi connectivity index (χ4n) is 1.29. The SMILES string of the molecule is C=Cc1nc2nc(C)nc(C)c2[nH]1. The predicted molar refractivity (Wildman–Crippen MR) is 51.2 cm³/mol. The van der Waals surface area contributed by atoms with Crippen LogP contribution in [0.4, 0.5) is 0 Å². The van der Waals surface area contributed by atoms with Crippen molar-refractivity contribution >= 4 is 17.2 Å². The molecule has 0 aromatic carbocycles. The second-order valence-electron chi connectivity index (χ2n) is 2.88. The Bertz CT molecular complexity index is 470. The zero-order chi connectivity index (χ0) is 9.42. The van der Waals surface area contributed by atoms with Gasteiger partial charge in [-0.15, -0.1) is 0 Å². The predicted octanol–water partition coefficient (Wildman–Crippen LogP) is 1.61. The third-order valence-electron chi connectivity index (χ3n) is 1.86. The number of hydrogen-bond donors (Lipinski definition) is 1. The molecule has 4 heteroatoms. The Kier molecular flexibility index (Phi) is 1.62. The third kappa shape index (κ3) is 1.20. The smallest absolute Gasteiger partial charge is 0.181 e. The van der Waals surface area contributed by atoms with E-state index in [2.05, 4.69) is 26.5 Å². The Morgan fingerprint density at radius 1 is 1.23 bits per heavy atom. The molecule has 0 aliphatic carbocycles. The molecule has 4 nitrogen and oxygen atoms in total. The molecule has 2 rings (SSSR count). The largest absolute Gasteiger partial charge is 0.336 e. The van der Waals surface area contributed by atoms with Crippen LogP contribution in [0.1, 0.15) is 17.3 Å². The van der Waals surface area contributed by atoms with Gasteiger partial charge in [0.15, 0.2) is 5.65 Å². The summed E-state index contributed by atoms with van der Waals surface area (Å²) in [5.41, 5.74) is 2.52. The van der Waals surface area contributed by atoms with Crippen LogP contribution < -0.4 is 0 Å². The maximum atomic E-state index is 4.23. The Balaban J connectivity index is 2.82. The molecule has 13 heavy (non-hydrogen) atoms. The van der Waals surface area contributed by atoms with Crippen molar-refractivity contribution in [2.75, 3.05) is 0 Å². The normalized spacial score (nSPS) is 10.6. The molecule has 2 heterocycles. The molecular formula is C9H10N4. The highest BCUT2D eigenvalue weighted by Crippen LogP contribution is 2.12. The van der Waals surface area contributed by atoms with Gasteiger partial charge in [0.25, 0.3) is 0 Å². The third-order valence-corrected chi connectivity index (χ3v) is 1.86. The number of imidazole rings is 1. The van der Waals surface area contributed by atoms with Gasteiger partial charge >= 0.3 is 0 Å². The van der Waals surface area contributed by atoms with E-state index in [1.54, 1.807) is 6.08 Å². The minimum absolute atomic E-state index is 0.708. The number of nitrogens with one attached hydrogen (secondary N) is 1. The van der Waals surface area contributed by atoms with Crippen molar-refractivity contribution in [2.24, 2.45) is 0 Å². The van der Waals surface area contributed by atoms with E-state index in [-0.39, 0.29) is 0 Å². The zero-order valence-electron chi connectivity index (χ0n) is 7.63. The number of nitrogens with zero attached hydrogens (tertiary/aromatic N) is 3. The monoisotopic (exact) mass is 174 g/mol. The lowest BCUT2D eigenvalue weighted by Gasteiger charge is -1.94. The average molecular weight is 174 g/mol. The van der Waals surface area contributed by atoms with E-state index in [9.17, 15) is 0 Å². The van der Waals surface area contributed by atoms with Gasteiger partial charge in [0.2, 0.25) is 0 Å². The molecule has 66 valence electrons. The van der Waals surface area contributed by atoms with E-state index >= 15 is 0 Å². The van der Waals surface area contributed by atoms with Gasteiger partial charge in [-0.1, -0.05) is 6.58 Å². The summed E-state index contributed by atoms with van der Waals surface area (Å²) in [6.07, 6.45) is 1.66. The van der Waals surface area contributed by atoms with Crippen molar-refractivity contribution in [2.45, 2.75) is 13.8 Å². The molecule has 0 aliphatic heterocycles. The van der Waals surface area contributed by atoms with E-state index in [4.69, 9.17) is 0 Å². The minimum Gasteiger partial charge on any atom is -0.336 e. The molecule has 0 amide bonds. The molecule has 1 N–H and O–H groups in total. The standard InChI is InChI=1S/C9H10N4/c1-4-7-12-8-5(2)10-6(3)11-9(8)13-7/h4H,1H2,2-3H3,(H,10,11,12,13). The maximum absolute atomic E-state index is 4.23. The second-order valence-corrected chi connectivity index (χ2v) is 2.88. The molecule has 0 saturated carbocycles. The van der Waals surface area contributed by atoms with E-state index < -0.39 is 0 Å². The van der Waals surface area contributed by atoms with Crippen LogP contribution >= 0.6 is 0 Å². The van der Waals surface area contributed by atoms with Crippen LogP contribution in [0, 0.1) is 13.8 Å². The Morgan fingerprint density at radius 3 is 2.69 bits per heavy atom. The zero-order valence-corrected chi connectivity index (χ0v) is 7.63. The molecule has 0 bridgehead atoms. The van der Waals surface area contributed by atoms with E-state index in [1.807, 2.05) is 13.8 Å². The summed E-state index contributed by atoms with van der Waals surface area (Å²) in [6, 6.07) is 0. The Morgan fingerprint density at radius 2 is 2.00 bits per heavy atom. The van der Waals surface area contributed by atoms with Gasteiger partial charge in [-0.2, -0.15) is 0 Å². The number of aromatic amines is 1. The lowest BCUT2D eigenvalue weighted by Crippen LogP contribution is -1.91. The van der Waals surface area contributed by atoms with Crippen LogP contribution in [-0.2, 0) is 0 Å². The lowest BCUT2D eigenvalue weighted by molar-refractivity contribution is 1.04. The molecule has 0 atom stereocenters. The Labute approximate surface area is 75.8 Å². The van der Waals surface area contributed by atoms with Crippen molar-refractivity contribution < 1.29 is 0 Å². The average Bonchev–Trinajstić information content (AvgIpc) is 2.47. The topological polar surface area (TPSA) is 54.5 Å². The van der Waals surface area contributed by atoms with Crippen LogP contribution in [0.3, 0.4) is 0 Å². The number of aromatic nitrogens is 4. The molecule has 2 aromatic heterocycles. The van der Waals surface area contributed by atoms with Gasteiger partial charge in [0.1, 0.15) is 17.2 Å². The molecule has 0 radical (unpaired) electrons. The van der Waals surface area contributed by atoms with Gasteiger partial charge < -0.3 is 4.98 Å². The molecule has 0 spiro atoms. The number of hydrogen-bond acceptors (Lipinski definition) is 3. The Hall–Kier alpha value is -1.71. The van der Waals surface area contributed by atoms with Gasteiger partial charge in [-0.25, -0.2) is 15.0 Å². The van der Waals surface area contributed by atoms with E-state index in [0.29, 0.717) is 5.65 Å².